The fourth-order valence-corrected chi connectivity index (χ4v) is 4.88. The van der Waals surface area contributed by atoms with Crippen LogP contribution in [0.3, 0.4) is 0 Å². The molecule has 3 aromatic heterocycles. The Labute approximate surface area is 190 Å². The van der Waals surface area contributed by atoms with E-state index in [0.717, 1.165) is 32.1 Å². The summed E-state index contributed by atoms with van der Waals surface area (Å²) in [6.07, 6.45) is 3.47. The van der Waals surface area contributed by atoms with Crippen molar-refractivity contribution in [2.75, 3.05) is 0 Å². The maximum atomic E-state index is 13.0. The maximum absolute atomic E-state index is 13.0. The van der Waals surface area contributed by atoms with Crippen LogP contribution in [0.1, 0.15) is 38.8 Å². The van der Waals surface area contributed by atoms with Gasteiger partial charge in [-0.05, 0) is 49.2 Å². The molecular weight excluding hydrogens is 422 g/mol. The fraction of sp³-hybridized carbons (Fsp3) is 0.250. The van der Waals surface area contributed by atoms with Gasteiger partial charge in [0.1, 0.15) is 11.5 Å². The molecule has 1 aliphatic rings. The van der Waals surface area contributed by atoms with Crippen LogP contribution in [0.4, 0.5) is 0 Å². The Morgan fingerprint density at radius 1 is 1.16 bits per heavy atom. The average molecular weight is 446 g/mol. The van der Waals surface area contributed by atoms with Gasteiger partial charge in [-0.1, -0.05) is 17.8 Å². The van der Waals surface area contributed by atoms with E-state index in [0.29, 0.717) is 31.3 Å². The zero-order valence-electron chi connectivity index (χ0n) is 18.2. The number of nitrogens with zero attached hydrogens (tertiary/aromatic N) is 4. The van der Waals surface area contributed by atoms with Gasteiger partial charge < -0.3 is 14.6 Å². The standard InChI is InChI=1S/C24H23N5O2S/c1-14-23(32-18-5-4-16-12-31-13-17(16)8-18)9-22(29(14)3)24(30)27-11-21-19-10-26-15(2)28-20(19)6-7-25-21/h4-10H,11-13H2,1-3H3,(H,27,30). The topological polar surface area (TPSA) is 81.9 Å². The van der Waals surface area contributed by atoms with Gasteiger partial charge in [0.25, 0.3) is 5.91 Å². The molecule has 162 valence electrons. The van der Waals surface area contributed by atoms with Crippen molar-refractivity contribution in [1.82, 2.24) is 24.8 Å². The lowest BCUT2D eigenvalue weighted by Crippen LogP contribution is -2.25. The van der Waals surface area contributed by atoms with E-state index in [4.69, 9.17) is 4.74 Å². The van der Waals surface area contributed by atoms with Crippen LogP contribution in [0.15, 0.2) is 52.5 Å². The Kier molecular flexibility index (Phi) is 5.40. The minimum atomic E-state index is -0.142. The second-order valence-electron chi connectivity index (χ2n) is 7.85. The van der Waals surface area contributed by atoms with Crippen LogP contribution in [-0.4, -0.2) is 25.4 Å². The normalized spacial score (nSPS) is 12.8. The number of pyridine rings is 1. The first kappa shape index (κ1) is 20.7. The average Bonchev–Trinajstić information content (AvgIpc) is 3.37. The van der Waals surface area contributed by atoms with Gasteiger partial charge in [0.05, 0.1) is 31.0 Å². The first-order valence-electron chi connectivity index (χ1n) is 10.4. The first-order valence-corrected chi connectivity index (χ1v) is 11.2. The number of fused-ring (bicyclic) bond motifs is 2. The Balaban J connectivity index is 1.34. The molecule has 0 spiro atoms. The maximum Gasteiger partial charge on any atom is 0.268 e. The van der Waals surface area contributed by atoms with Gasteiger partial charge in [-0.25, -0.2) is 9.97 Å². The molecule has 0 atom stereocenters. The van der Waals surface area contributed by atoms with Crippen molar-refractivity contribution in [2.24, 2.45) is 7.05 Å². The largest absolute Gasteiger partial charge is 0.372 e. The molecule has 0 radical (unpaired) electrons. The van der Waals surface area contributed by atoms with Crippen molar-refractivity contribution in [3.05, 3.63) is 76.8 Å². The number of ether oxygens (including phenoxy) is 1. The number of hydrogen-bond donors (Lipinski definition) is 1. The molecule has 1 amide bonds. The van der Waals surface area contributed by atoms with E-state index in [-0.39, 0.29) is 5.91 Å². The van der Waals surface area contributed by atoms with E-state index in [2.05, 4.69) is 38.5 Å². The molecule has 0 saturated carbocycles. The summed E-state index contributed by atoms with van der Waals surface area (Å²) in [7, 11) is 1.91. The molecule has 1 aromatic carbocycles. The number of aryl methyl sites for hydroxylation is 1. The fourth-order valence-electron chi connectivity index (χ4n) is 3.83. The molecule has 8 heteroatoms. The van der Waals surface area contributed by atoms with Crippen LogP contribution in [0, 0.1) is 13.8 Å². The molecule has 1 N–H and O–H groups in total. The molecule has 5 rings (SSSR count). The minimum absolute atomic E-state index is 0.142. The third kappa shape index (κ3) is 3.87. The summed E-state index contributed by atoms with van der Waals surface area (Å²) < 4.78 is 7.44. The summed E-state index contributed by atoms with van der Waals surface area (Å²) in [6.45, 7) is 5.54. The van der Waals surface area contributed by atoms with Crippen LogP contribution in [0.25, 0.3) is 10.9 Å². The van der Waals surface area contributed by atoms with Crippen LogP contribution in [0.5, 0.6) is 0 Å². The molecule has 1 aliphatic heterocycles. The van der Waals surface area contributed by atoms with Gasteiger partial charge in [0.15, 0.2) is 0 Å². The molecule has 4 aromatic rings. The number of aromatic nitrogens is 4. The van der Waals surface area contributed by atoms with Crippen LogP contribution < -0.4 is 5.32 Å². The molecule has 4 heterocycles. The predicted octanol–water partition coefficient (Wildman–Crippen LogP) is 4.09. The van der Waals surface area contributed by atoms with E-state index in [1.807, 2.05) is 37.6 Å². The minimum Gasteiger partial charge on any atom is -0.372 e. The zero-order valence-corrected chi connectivity index (χ0v) is 19.0. The quantitative estimate of drug-likeness (QED) is 0.498. The van der Waals surface area contributed by atoms with Crippen molar-refractivity contribution in [3.8, 4) is 0 Å². The monoisotopic (exact) mass is 445 g/mol. The van der Waals surface area contributed by atoms with Gasteiger partial charge >= 0.3 is 0 Å². The second kappa shape index (κ2) is 8.37. The number of rotatable bonds is 5. The predicted molar refractivity (Wildman–Crippen MR) is 122 cm³/mol. The number of amides is 1. The van der Waals surface area contributed by atoms with E-state index < -0.39 is 0 Å². The molecular formula is C24H23N5O2S. The summed E-state index contributed by atoms with van der Waals surface area (Å²) in [6, 6.07) is 10.2. The van der Waals surface area contributed by atoms with Crippen molar-refractivity contribution < 1.29 is 9.53 Å². The number of nitrogens with one attached hydrogen (secondary N) is 1. The Bertz CT molecular complexity index is 1350. The lowest BCUT2D eigenvalue weighted by atomic mass is 10.1. The zero-order chi connectivity index (χ0) is 22.2. The van der Waals surface area contributed by atoms with Gasteiger partial charge in [-0.15, -0.1) is 0 Å². The van der Waals surface area contributed by atoms with Gasteiger partial charge in [0.2, 0.25) is 0 Å². The molecule has 0 aliphatic carbocycles. The summed E-state index contributed by atoms with van der Waals surface area (Å²) in [4.78, 5) is 28.3. The van der Waals surface area contributed by atoms with E-state index >= 15 is 0 Å². The molecule has 0 bridgehead atoms. The first-order chi connectivity index (χ1) is 15.5. The Morgan fingerprint density at radius 3 is 2.88 bits per heavy atom. The van der Waals surface area contributed by atoms with Gasteiger partial charge in [-0.2, -0.15) is 0 Å². The summed E-state index contributed by atoms with van der Waals surface area (Å²) in [5, 5.41) is 3.84. The van der Waals surface area contributed by atoms with E-state index in [9.17, 15) is 4.79 Å². The number of carbonyl (C=O) groups excluding carboxylic acids is 1. The second-order valence-corrected chi connectivity index (χ2v) is 8.97. The summed E-state index contributed by atoms with van der Waals surface area (Å²) >= 11 is 1.67. The summed E-state index contributed by atoms with van der Waals surface area (Å²) in [5.74, 6) is 0.565. The van der Waals surface area contributed by atoms with Crippen LogP contribution in [-0.2, 0) is 31.5 Å². The third-order valence-electron chi connectivity index (χ3n) is 5.77. The van der Waals surface area contributed by atoms with Crippen LogP contribution >= 0.6 is 11.8 Å². The van der Waals surface area contributed by atoms with Crippen molar-refractivity contribution in [2.45, 2.75) is 43.4 Å². The number of benzene rings is 1. The smallest absolute Gasteiger partial charge is 0.268 e. The Hall–Kier alpha value is -3.23. The molecule has 7 nitrogen and oxygen atoms in total. The van der Waals surface area contributed by atoms with E-state index in [1.54, 1.807) is 24.2 Å². The van der Waals surface area contributed by atoms with Gasteiger partial charge in [0, 0.05) is 40.3 Å². The highest BCUT2D eigenvalue weighted by molar-refractivity contribution is 7.99. The number of hydrogen-bond acceptors (Lipinski definition) is 6. The molecule has 32 heavy (non-hydrogen) atoms. The Morgan fingerprint density at radius 2 is 2.00 bits per heavy atom. The molecule has 0 unspecified atom stereocenters. The number of carbonyl (C=O) groups is 1. The van der Waals surface area contributed by atoms with Crippen molar-refractivity contribution >= 4 is 28.6 Å². The van der Waals surface area contributed by atoms with Crippen LogP contribution in [0.2, 0.25) is 0 Å². The highest BCUT2D eigenvalue weighted by Gasteiger charge is 2.18. The lowest BCUT2D eigenvalue weighted by Gasteiger charge is -2.08. The lowest BCUT2D eigenvalue weighted by molar-refractivity contribution is 0.0942. The van der Waals surface area contributed by atoms with Gasteiger partial charge in [-0.3, -0.25) is 9.78 Å². The van der Waals surface area contributed by atoms with Crippen molar-refractivity contribution in [1.29, 1.82) is 0 Å². The third-order valence-corrected chi connectivity index (χ3v) is 6.89. The molecule has 0 fully saturated rings. The van der Waals surface area contributed by atoms with Crippen molar-refractivity contribution in [3.63, 3.8) is 0 Å². The highest BCUT2D eigenvalue weighted by Crippen LogP contribution is 2.34. The highest BCUT2D eigenvalue weighted by atomic mass is 32.2. The SMILES string of the molecule is Cc1ncc2c(CNC(=O)c3cc(Sc4ccc5c(c4)COC5)c(C)n3C)nccc2n1. The summed E-state index contributed by atoms with van der Waals surface area (Å²) in [5.41, 5.74) is 5.72. The van der Waals surface area contributed by atoms with E-state index in [1.165, 1.54) is 11.1 Å². The molecule has 0 saturated heterocycles.